The molecule has 0 saturated heterocycles. The molecule has 0 aromatic heterocycles. The highest BCUT2D eigenvalue weighted by Gasteiger charge is 2.47. The third-order valence-corrected chi connectivity index (χ3v) is 6.87. The molecular weight excluding hydrogens is 342 g/mol. The maximum absolute atomic E-state index is 5.93. The lowest BCUT2D eigenvalue weighted by Gasteiger charge is -2.42. The number of benzene rings is 3. The molecule has 2 nitrogen and oxygen atoms in total. The van der Waals surface area contributed by atoms with Gasteiger partial charge in [0.25, 0.3) is 0 Å². The van der Waals surface area contributed by atoms with E-state index in [0.717, 1.165) is 11.5 Å². The largest absolute Gasteiger partial charge is 0.457 e. The summed E-state index contributed by atoms with van der Waals surface area (Å²) in [5.41, 5.74) is 5.78. The van der Waals surface area contributed by atoms with Gasteiger partial charge < -0.3 is 9.64 Å². The van der Waals surface area contributed by atoms with Crippen LogP contribution in [0.2, 0.25) is 0 Å². The topological polar surface area (TPSA) is 12.5 Å². The first-order chi connectivity index (χ1) is 13.6. The Labute approximate surface area is 167 Å². The van der Waals surface area contributed by atoms with Gasteiger partial charge in [0.05, 0.1) is 0 Å². The molecule has 0 bridgehead atoms. The van der Waals surface area contributed by atoms with Crippen LogP contribution in [0.4, 0.5) is 5.69 Å². The van der Waals surface area contributed by atoms with Gasteiger partial charge >= 0.3 is 0 Å². The van der Waals surface area contributed by atoms with Crippen LogP contribution >= 0.6 is 0 Å². The highest BCUT2D eigenvalue weighted by molar-refractivity contribution is 5.73. The van der Waals surface area contributed by atoms with Gasteiger partial charge in [0.1, 0.15) is 11.5 Å². The zero-order valence-electron chi connectivity index (χ0n) is 16.7. The second-order valence-corrected chi connectivity index (χ2v) is 8.43. The first-order valence-corrected chi connectivity index (χ1v) is 10.4. The quantitative estimate of drug-likeness (QED) is 0.492. The minimum absolute atomic E-state index is 0.284. The molecule has 1 aliphatic carbocycles. The van der Waals surface area contributed by atoms with Crippen molar-refractivity contribution in [1.82, 2.24) is 0 Å². The standard InChI is InChI=1S/C26H27NO/c1-26-17-7-6-10-24(26)23-18-20(13-16-25(23)27(26)2)19-11-14-22(15-12-19)28-21-8-4-3-5-9-21/h3-5,8-9,11-16,18,24H,6-7,10,17H2,1-2H3/t24-,26+/m0/s1. The SMILES string of the molecule is CN1c2ccc(-c3ccc(Oc4ccccc4)cc3)cc2[C@@H]2CCCC[C@]21C. The van der Waals surface area contributed by atoms with Gasteiger partial charge in [-0.1, -0.05) is 49.2 Å². The van der Waals surface area contributed by atoms with Gasteiger partial charge in [-0.2, -0.15) is 0 Å². The number of hydrogen-bond donors (Lipinski definition) is 0. The number of rotatable bonds is 3. The molecule has 0 spiro atoms. The lowest BCUT2D eigenvalue weighted by Crippen LogP contribution is -2.45. The van der Waals surface area contributed by atoms with Crippen LogP contribution in [0.5, 0.6) is 11.5 Å². The minimum Gasteiger partial charge on any atom is -0.457 e. The van der Waals surface area contributed by atoms with Crippen LogP contribution in [0.1, 0.15) is 44.1 Å². The number of hydrogen-bond acceptors (Lipinski definition) is 2. The molecule has 28 heavy (non-hydrogen) atoms. The minimum atomic E-state index is 0.284. The number of fused-ring (bicyclic) bond motifs is 3. The van der Waals surface area contributed by atoms with Crippen LogP contribution in [-0.4, -0.2) is 12.6 Å². The Kier molecular flexibility index (Phi) is 4.16. The number of anilines is 1. The van der Waals surface area contributed by atoms with Crippen molar-refractivity contribution in [3.05, 3.63) is 78.4 Å². The zero-order valence-corrected chi connectivity index (χ0v) is 16.7. The Bertz CT molecular complexity index is 979. The summed E-state index contributed by atoms with van der Waals surface area (Å²) in [4.78, 5) is 2.53. The van der Waals surface area contributed by atoms with E-state index in [1.165, 1.54) is 48.1 Å². The summed E-state index contributed by atoms with van der Waals surface area (Å²) in [6.07, 6.45) is 5.30. The Hall–Kier alpha value is -2.74. The summed E-state index contributed by atoms with van der Waals surface area (Å²) in [7, 11) is 2.28. The van der Waals surface area contributed by atoms with E-state index in [2.05, 4.69) is 61.3 Å². The van der Waals surface area contributed by atoms with E-state index < -0.39 is 0 Å². The van der Waals surface area contributed by atoms with Gasteiger partial charge in [-0.3, -0.25) is 0 Å². The lowest BCUT2D eigenvalue weighted by atomic mass is 9.73. The van der Waals surface area contributed by atoms with Crippen molar-refractivity contribution in [2.45, 2.75) is 44.1 Å². The Morgan fingerprint density at radius 3 is 2.36 bits per heavy atom. The van der Waals surface area contributed by atoms with Gasteiger partial charge in [-0.05, 0) is 72.9 Å². The first-order valence-electron chi connectivity index (χ1n) is 10.4. The molecule has 3 aromatic rings. The number of ether oxygens (including phenoxy) is 1. The van der Waals surface area contributed by atoms with E-state index in [1.54, 1.807) is 0 Å². The molecule has 3 aromatic carbocycles. The lowest BCUT2D eigenvalue weighted by molar-refractivity contribution is 0.283. The molecule has 1 aliphatic heterocycles. The molecule has 0 N–H and O–H groups in total. The van der Waals surface area contributed by atoms with Gasteiger partial charge in [-0.25, -0.2) is 0 Å². The molecule has 5 rings (SSSR count). The van der Waals surface area contributed by atoms with Gasteiger partial charge in [0.2, 0.25) is 0 Å². The van der Waals surface area contributed by atoms with Crippen molar-refractivity contribution in [2.24, 2.45) is 0 Å². The summed E-state index contributed by atoms with van der Waals surface area (Å²) in [6.45, 7) is 2.45. The molecule has 0 unspecified atom stereocenters. The molecule has 2 atom stereocenters. The van der Waals surface area contributed by atoms with Crippen molar-refractivity contribution < 1.29 is 4.74 Å². The van der Waals surface area contributed by atoms with Gasteiger partial charge in [0.15, 0.2) is 0 Å². The average molecular weight is 370 g/mol. The van der Waals surface area contributed by atoms with Crippen LogP contribution in [-0.2, 0) is 0 Å². The van der Waals surface area contributed by atoms with Crippen molar-refractivity contribution >= 4 is 5.69 Å². The van der Waals surface area contributed by atoms with E-state index in [4.69, 9.17) is 4.74 Å². The molecule has 2 aliphatic rings. The summed E-state index contributed by atoms with van der Waals surface area (Å²) in [5.74, 6) is 2.39. The molecule has 2 heteroatoms. The van der Waals surface area contributed by atoms with Crippen LogP contribution < -0.4 is 9.64 Å². The molecule has 1 heterocycles. The predicted octanol–water partition coefficient (Wildman–Crippen LogP) is 7.01. The molecule has 1 saturated carbocycles. The Morgan fingerprint density at radius 2 is 1.57 bits per heavy atom. The summed E-state index contributed by atoms with van der Waals surface area (Å²) >= 11 is 0. The maximum atomic E-state index is 5.93. The zero-order chi connectivity index (χ0) is 19.1. The van der Waals surface area contributed by atoms with Crippen molar-refractivity contribution in [3.8, 4) is 22.6 Å². The fraction of sp³-hybridized carbons (Fsp3) is 0.308. The molecule has 0 radical (unpaired) electrons. The van der Waals surface area contributed by atoms with E-state index in [0.29, 0.717) is 5.92 Å². The normalized spacial score (nSPS) is 23.2. The molecule has 142 valence electrons. The summed E-state index contributed by atoms with van der Waals surface area (Å²) in [5, 5.41) is 0. The Morgan fingerprint density at radius 1 is 0.857 bits per heavy atom. The molecule has 1 fully saturated rings. The number of likely N-dealkylation sites (N-methyl/N-ethyl adjacent to an activating group) is 1. The van der Waals surface area contributed by atoms with Crippen molar-refractivity contribution in [2.75, 3.05) is 11.9 Å². The molecular formula is C26H27NO. The van der Waals surface area contributed by atoms with E-state index in [1.807, 2.05) is 30.3 Å². The monoisotopic (exact) mass is 369 g/mol. The maximum Gasteiger partial charge on any atom is 0.127 e. The van der Waals surface area contributed by atoms with Gasteiger partial charge in [-0.15, -0.1) is 0 Å². The van der Waals surface area contributed by atoms with Crippen LogP contribution in [0, 0.1) is 0 Å². The second-order valence-electron chi connectivity index (χ2n) is 8.43. The van der Waals surface area contributed by atoms with Crippen molar-refractivity contribution in [1.29, 1.82) is 0 Å². The van der Waals surface area contributed by atoms with Crippen LogP contribution in [0.15, 0.2) is 72.8 Å². The molecule has 0 amide bonds. The fourth-order valence-corrected chi connectivity index (χ4v) is 5.14. The predicted molar refractivity (Wildman–Crippen MR) is 116 cm³/mol. The van der Waals surface area contributed by atoms with E-state index in [9.17, 15) is 0 Å². The second kappa shape index (κ2) is 6.70. The smallest absolute Gasteiger partial charge is 0.127 e. The third-order valence-electron chi connectivity index (χ3n) is 6.87. The van der Waals surface area contributed by atoms with Crippen LogP contribution in [0.3, 0.4) is 0 Å². The van der Waals surface area contributed by atoms with E-state index >= 15 is 0 Å². The van der Waals surface area contributed by atoms with Crippen LogP contribution in [0.25, 0.3) is 11.1 Å². The highest BCUT2D eigenvalue weighted by Crippen LogP contribution is 2.54. The van der Waals surface area contributed by atoms with Gasteiger partial charge in [0, 0.05) is 24.2 Å². The number of nitrogens with zero attached hydrogens (tertiary/aromatic N) is 1. The highest BCUT2D eigenvalue weighted by atomic mass is 16.5. The fourth-order valence-electron chi connectivity index (χ4n) is 5.14. The van der Waals surface area contributed by atoms with Crippen molar-refractivity contribution in [3.63, 3.8) is 0 Å². The summed E-state index contributed by atoms with van der Waals surface area (Å²) < 4.78 is 5.93. The summed E-state index contributed by atoms with van der Waals surface area (Å²) in [6, 6.07) is 25.4. The first kappa shape index (κ1) is 17.4. The average Bonchev–Trinajstić information content (AvgIpc) is 2.96. The third kappa shape index (κ3) is 2.79. The number of para-hydroxylation sites is 1. The Balaban J connectivity index is 1.43. The van der Waals surface area contributed by atoms with E-state index in [-0.39, 0.29) is 5.54 Å².